The number of nitrogens with zero attached hydrogens (tertiary/aromatic N) is 5. The fourth-order valence-corrected chi connectivity index (χ4v) is 1.85. The minimum atomic E-state index is -0.465. The fraction of sp³-hybridized carbons (Fsp3) is 0.417. The first-order valence-corrected chi connectivity index (χ1v) is 6.31. The smallest absolute Gasteiger partial charge is 0.333 e. The van der Waals surface area contributed by atoms with E-state index in [0.717, 1.165) is 6.42 Å². The Kier molecular flexibility index (Phi) is 3.92. The van der Waals surface area contributed by atoms with Gasteiger partial charge in [-0.25, -0.2) is 9.97 Å². The lowest BCUT2D eigenvalue weighted by molar-refractivity contribution is -0.385. The molecule has 0 amide bonds. The molecule has 0 aliphatic carbocycles. The van der Waals surface area contributed by atoms with Crippen LogP contribution in [0.15, 0.2) is 12.4 Å². The Balaban J connectivity index is 2.59. The first-order valence-electron chi connectivity index (χ1n) is 6.31. The molecule has 20 heavy (non-hydrogen) atoms. The van der Waals surface area contributed by atoms with Crippen LogP contribution in [0.2, 0.25) is 0 Å². The number of hydrogen-bond acceptors (Lipinski definition) is 6. The molecule has 0 aromatic carbocycles. The maximum absolute atomic E-state index is 11.2. The molecule has 0 aliphatic heterocycles. The Labute approximate surface area is 116 Å². The molecule has 2 aromatic rings. The van der Waals surface area contributed by atoms with Crippen molar-refractivity contribution in [1.82, 2.24) is 19.5 Å². The molecular formula is C12H16N6O2. The number of imidazole rings is 1. The number of aryl methyl sites for hydroxylation is 2. The van der Waals surface area contributed by atoms with E-state index >= 15 is 0 Å². The largest absolute Gasteiger partial charge is 0.354 e. The van der Waals surface area contributed by atoms with E-state index in [9.17, 15) is 10.1 Å². The van der Waals surface area contributed by atoms with Gasteiger partial charge in [0.2, 0.25) is 11.8 Å². The van der Waals surface area contributed by atoms with Gasteiger partial charge in [0, 0.05) is 18.9 Å². The van der Waals surface area contributed by atoms with Crippen molar-refractivity contribution in [3.05, 3.63) is 34.0 Å². The van der Waals surface area contributed by atoms with Crippen LogP contribution in [0.3, 0.4) is 0 Å². The van der Waals surface area contributed by atoms with Crippen molar-refractivity contribution in [3.63, 3.8) is 0 Å². The molecule has 0 bridgehead atoms. The molecule has 8 nitrogen and oxygen atoms in total. The third-order valence-corrected chi connectivity index (χ3v) is 2.81. The Morgan fingerprint density at radius 2 is 2.15 bits per heavy atom. The number of nitro groups is 1. The molecule has 0 fully saturated rings. The van der Waals surface area contributed by atoms with E-state index in [2.05, 4.69) is 20.3 Å². The lowest BCUT2D eigenvalue weighted by Gasteiger charge is -2.10. The average molecular weight is 276 g/mol. The molecule has 0 saturated carbocycles. The quantitative estimate of drug-likeness (QED) is 0.662. The van der Waals surface area contributed by atoms with Gasteiger partial charge in [0.1, 0.15) is 11.5 Å². The van der Waals surface area contributed by atoms with Crippen molar-refractivity contribution in [2.24, 2.45) is 0 Å². The van der Waals surface area contributed by atoms with Crippen LogP contribution in [-0.4, -0.2) is 31.0 Å². The second kappa shape index (κ2) is 5.64. The summed E-state index contributed by atoms with van der Waals surface area (Å²) in [6, 6.07) is 0. The molecule has 1 N–H and O–H groups in total. The third kappa shape index (κ3) is 2.58. The third-order valence-electron chi connectivity index (χ3n) is 2.81. The maximum Gasteiger partial charge on any atom is 0.333 e. The summed E-state index contributed by atoms with van der Waals surface area (Å²) in [6.45, 7) is 6.10. The van der Waals surface area contributed by atoms with Gasteiger partial charge >= 0.3 is 5.69 Å². The minimum Gasteiger partial charge on any atom is -0.354 e. The van der Waals surface area contributed by atoms with Gasteiger partial charge < -0.3 is 5.32 Å². The predicted octanol–water partition coefficient (Wildman–Crippen LogP) is 2.01. The van der Waals surface area contributed by atoms with E-state index in [-0.39, 0.29) is 11.5 Å². The first-order chi connectivity index (χ1) is 9.54. The van der Waals surface area contributed by atoms with Gasteiger partial charge in [0.05, 0.1) is 4.92 Å². The zero-order chi connectivity index (χ0) is 14.7. The lowest BCUT2D eigenvalue weighted by Crippen LogP contribution is -2.12. The molecule has 0 radical (unpaired) electrons. The normalized spacial score (nSPS) is 10.6. The van der Waals surface area contributed by atoms with Crippen molar-refractivity contribution < 1.29 is 4.92 Å². The van der Waals surface area contributed by atoms with E-state index in [1.807, 2.05) is 6.92 Å². The van der Waals surface area contributed by atoms with Crippen LogP contribution in [0, 0.1) is 24.0 Å². The summed E-state index contributed by atoms with van der Waals surface area (Å²) in [4.78, 5) is 23.2. The summed E-state index contributed by atoms with van der Waals surface area (Å²) in [7, 11) is 0. The van der Waals surface area contributed by atoms with Gasteiger partial charge in [-0.1, -0.05) is 6.92 Å². The van der Waals surface area contributed by atoms with Gasteiger partial charge in [0.15, 0.2) is 0 Å². The van der Waals surface area contributed by atoms with E-state index in [1.54, 1.807) is 30.8 Å². The highest BCUT2D eigenvalue weighted by atomic mass is 16.6. The molecule has 0 aliphatic rings. The number of hydrogen-bond donors (Lipinski definition) is 1. The van der Waals surface area contributed by atoms with Gasteiger partial charge in [-0.2, -0.15) is 4.98 Å². The minimum absolute atomic E-state index is 0.104. The van der Waals surface area contributed by atoms with Crippen LogP contribution >= 0.6 is 0 Å². The number of rotatable bonds is 5. The van der Waals surface area contributed by atoms with Crippen LogP contribution in [-0.2, 0) is 0 Å². The zero-order valence-electron chi connectivity index (χ0n) is 11.6. The molecule has 2 rings (SSSR count). The van der Waals surface area contributed by atoms with Crippen molar-refractivity contribution in [2.45, 2.75) is 27.2 Å². The molecule has 0 spiro atoms. The average Bonchev–Trinajstić information content (AvgIpc) is 2.81. The molecule has 0 atom stereocenters. The molecular weight excluding hydrogens is 260 g/mol. The monoisotopic (exact) mass is 276 g/mol. The molecule has 2 heterocycles. The molecule has 0 unspecified atom stereocenters. The first kappa shape index (κ1) is 13.9. The van der Waals surface area contributed by atoms with Crippen molar-refractivity contribution >= 4 is 11.6 Å². The lowest BCUT2D eigenvalue weighted by atomic mass is 10.3. The van der Waals surface area contributed by atoms with Crippen molar-refractivity contribution in [2.75, 3.05) is 11.9 Å². The second-order valence-corrected chi connectivity index (χ2v) is 4.33. The van der Waals surface area contributed by atoms with Crippen LogP contribution in [0.1, 0.15) is 24.9 Å². The Hall–Kier alpha value is -2.51. The summed E-state index contributed by atoms with van der Waals surface area (Å²) < 4.78 is 1.59. The summed E-state index contributed by atoms with van der Waals surface area (Å²) in [6.07, 6.45) is 4.14. The number of aromatic nitrogens is 4. The van der Waals surface area contributed by atoms with Crippen LogP contribution < -0.4 is 5.32 Å². The van der Waals surface area contributed by atoms with Crippen molar-refractivity contribution in [3.8, 4) is 5.82 Å². The van der Waals surface area contributed by atoms with E-state index < -0.39 is 4.92 Å². The number of anilines is 1. The molecule has 106 valence electrons. The number of nitrogens with one attached hydrogen (secondary N) is 1. The molecule has 8 heteroatoms. The standard InChI is InChI=1S/C12H16N6O2/c1-4-5-14-12-15-8(2)10(18(19)20)11(16-12)17-7-6-13-9(17)3/h6-7H,4-5H2,1-3H3,(H,14,15,16). The van der Waals surface area contributed by atoms with Gasteiger partial charge in [-0.15, -0.1) is 0 Å². The Morgan fingerprint density at radius 1 is 1.40 bits per heavy atom. The van der Waals surface area contributed by atoms with Crippen LogP contribution in [0.5, 0.6) is 0 Å². The molecule has 0 saturated heterocycles. The summed E-state index contributed by atoms with van der Waals surface area (Å²) in [5, 5.41) is 14.3. The zero-order valence-corrected chi connectivity index (χ0v) is 11.6. The highest BCUT2D eigenvalue weighted by molar-refractivity contribution is 5.54. The van der Waals surface area contributed by atoms with Gasteiger partial charge in [-0.3, -0.25) is 14.7 Å². The van der Waals surface area contributed by atoms with Crippen LogP contribution in [0.4, 0.5) is 11.6 Å². The van der Waals surface area contributed by atoms with Crippen molar-refractivity contribution in [1.29, 1.82) is 0 Å². The fourth-order valence-electron chi connectivity index (χ4n) is 1.85. The van der Waals surface area contributed by atoms with Gasteiger partial charge in [-0.05, 0) is 20.3 Å². The van der Waals surface area contributed by atoms with E-state index in [0.29, 0.717) is 24.0 Å². The Morgan fingerprint density at radius 3 is 2.70 bits per heavy atom. The molecule has 2 aromatic heterocycles. The van der Waals surface area contributed by atoms with E-state index in [4.69, 9.17) is 0 Å². The summed E-state index contributed by atoms with van der Waals surface area (Å²) >= 11 is 0. The highest BCUT2D eigenvalue weighted by Gasteiger charge is 2.24. The Bertz CT molecular complexity index is 637. The topological polar surface area (TPSA) is 98.8 Å². The van der Waals surface area contributed by atoms with Crippen LogP contribution in [0.25, 0.3) is 5.82 Å². The van der Waals surface area contributed by atoms with Gasteiger partial charge in [0.25, 0.3) is 0 Å². The maximum atomic E-state index is 11.2. The van der Waals surface area contributed by atoms with E-state index in [1.165, 1.54) is 0 Å². The highest BCUT2D eigenvalue weighted by Crippen LogP contribution is 2.26. The second-order valence-electron chi connectivity index (χ2n) is 4.33. The summed E-state index contributed by atoms with van der Waals surface area (Å²) in [5.41, 5.74) is 0.222. The summed E-state index contributed by atoms with van der Waals surface area (Å²) in [5.74, 6) is 1.25. The predicted molar refractivity (Wildman–Crippen MR) is 74.1 cm³/mol. The SMILES string of the molecule is CCCNc1nc(C)c([N+](=O)[O-])c(-n2ccnc2C)n1.